The van der Waals surface area contributed by atoms with Crippen molar-refractivity contribution in [2.75, 3.05) is 38.0 Å². The van der Waals surface area contributed by atoms with E-state index in [0.29, 0.717) is 48.2 Å². The number of anilines is 2. The molecular weight excluding hydrogens is 579 g/mol. The molecule has 2 atom stereocenters. The van der Waals surface area contributed by atoms with E-state index in [2.05, 4.69) is 37.8 Å². The van der Waals surface area contributed by atoms with Crippen molar-refractivity contribution in [3.8, 4) is 17.6 Å². The largest absolute Gasteiger partial charge is 0.487 e. The quantitative estimate of drug-likeness (QED) is 0.266. The Morgan fingerprint density at radius 3 is 2.90 bits per heavy atom. The molecule has 2 aromatic carbocycles. The molecule has 0 saturated carbocycles. The Morgan fingerprint density at radius 1 is 1.19 bits per heavy atom. The standard InChI is InChI=1S/C30H28ClFN6O3S/c31-25-14-22(5-7-27(25)40-17-19-2-1-3-20(32)12-19)37-29-28-26(35-18-36-29)15-24(42-28)6-4-21-13-23(16-34-21)41-30(39)38-10-8-33-9-11-38/h1-3,5,7,12,14-15,18,21,23,33-34H,8-11,13,16-17H2,(H,35,36,37). The van der Waals surface area contributed by atoms with Gasteiger partial charge in [-0.2, -0.15) is 0 Å². The molecule has 0 bridgehead atoms. The van der Waals surface area contributed by atoms with Gasteiger partial charge in [0.25, 0.3) is 0 Å². The molecule has 2 aliphatic rings. The molecule has 4 aromatic rings. The number of nitrogens with zero attached hydrogens (tertiary/aromatic N) is 3. The lowest BCUT2D eigenvalue weighted by Gasteiger charge is -2.27. The normalized spacial score (nSPS) is 18.4. The highest BCUT2D eigenvalue weighted by molar-refractivity contribution is 7.20. The number of aromatic nitrogens is 2. The van der Waals surface area contributed by atoms with Crippen LogP contribution < -0.4 is 20.7 Å². The number of thiophene rings is 1. The van der Waals surface area contributed by atoms with Crippen molar-refractivity contribution in [3.63, 3.8) is 0 Å². The summed E-state index contributed by atoms with van der Waals surface area (Å²) < 4.78 is 25.8. The highest BCUT2D eigenvalue weighted by atomic mass is 35.5. The van der Waals surface area contributed by atoms with E-state index in [1.807, 2.05) is 12.1 Å². The van der Waals surface area contributed by atoms with Gasteiger partial charge < -0.3 is 25.0 Å². The number of fused-ring (bicyclic) bond motifs is 1. The first kappa shape index (κ1) is 28.2. The average molecular weight is 607 g/mol. The number of carbonyl (C=O) groups is 1. The predicted molar refractivity (Wildman–Crippen MR) is 161 cm³/mol. The first-order chi connectivity index (χ1) is 20.5. The molecule has 2 aliphatic heterocycles. The van der Waals surface area contributed by atoms with Crippen LogP contribution in [0.3, 0.4) is 0 Å². The number of ether oxygens (including phenoxy) is 2. The van der Waals surface area contributed by atoms with Gasteiger partial charge >= 0.3 is 6.09 Å². The summed E-state index contributed by atoms with van der Waals surface area (Å²) in [6, 6.07) is 13.5. The molecule has 42 heavy (non-hydrogen) atoms. The van der Waals surface area contributed by atoms with Crippen LogP contribution in [0.1, 0.15) is 16.9 Å². The highest BCUT2D eigenvalue weighted by Crippen LogP contribution is 2.33. The zero-order valence-corrected chi connectivity index (χ0v) is 24.1. The SMILES string of the molecule is O=C(OC1CNC(C#Cc2cc3ncnc(Nc4ccc(OCc5cccc(F)c5)c(Cl)c4)c3s2)C1)N1CCNCC1. The van der Waals surface area contributed by atoms with Gasteiger partial charge in [0.05, 0.1) is 26.2 Å². The van der Waals surface area contributed by atoms with Gasteiger partial charge in [0.2, 0.25) is 0 Å². The number of nitrogens with one attached hydrogen (secondary N) is 3. The first-order valence-corrected chi connectivity index (χ1v) is 14.8. The van der Waals surface area contributed by atoms with Crippen LogP contribution >= 0.6 is 22.9 Å². The minimum atomic E-state index is -0.311. The maximum absolute atomic E-state index is 13.4. The number of amides is 1. The van der Waals surface area contributed by atoms with Crippen LogP contribution in [-0.4, -0.2) is 65.8 Å². The number of benzene rings is 2. The van der Waals surface area contributed by atoms with Gasteiger partial charge in [-0.3, -0.25) is 5.32 Å². The van der Waals surface area contributed by atoms with Crippen molar-refractivity contribution in [1.82, 2.24) is 25.5 Å². The highest BCUT2D eigenvalue weighted by Gasteiger charge is 2.28. The fourth-order valence-electron chi connectivity index (χ4n) is 4.75. The van der Waals surface area contributed by atoms with Crippen molar-refractivity contribution in [1.29, 1.82) is 0 Å². The molecule has 216 valence electrons. The Morgan fingerprint density at radius 2 is 2.07 bits per heavy atom. The van der Waals surface area contributed by atoms with Crippen LogP contribution in [0.25, 0.3) is 10.2 Å². The summed E-state index contributed by atoms with van der Waals surface area (Å²) in [5.74, 6) is 7.33. The number of hydrogen-bond acceptors (Lipinski definition) is 9. The third-order valence-corrected chi connectivity index (χ3v) is 8.23. The van der Waals surface area contributed by atoms with Gasteiger partial charge in [-0.15, -0.1) is 11.3 Å². The van der Waals surface area contributed by atoms with Crippen LogP contribution in [0, 0.1) is 17.7 Å². The number of piperazine rings is 1. The van der Waals surface area contributed by atoms with Crippen LogP contribution in [0.5, 0.6) is 5.75 Å². The van der Waals surface area contributed by atoms with Gasteiger partial charge in [-0.1, -0.05) is 35.6 Å². The molecule has 12 heteroatoms. The van der Waals surface area contributed by atoms with Crippen molar-refractivity contribution in [3.05, 3.63) is 76.1 Å². The minimum Gasteiger partial charge on any atom is -0.487 e. The zero-order chi connectivity index (χ0) is 28.9. The van der Waals surface area contributed by atoms with Crippen LogP contribution in [0.4, 0.5) is 20.7 Å². The molecule has 2 fully saturated rings. The summed E-state index contributed by atoms with van der Waals surface area (Å²) in [7, 11) is 0. The summed E-state index contributed by atoms with van der Waals surface area (Å²) in [5, 5.41) is 10.3. The van der Waals surface area contributed by atoms with Crippen molar-refractivity contribution in [2.45, 2.75) is 25.2 Å². The van der Waals surface area contributed by atoms with Crippen LogP contribution in [0.2, 0.25) is 5.02 Å². The Balaban J connectivity index is 1.07. The average Bonchev–Trinajstić information content (AvgIpc) is 3.63. The van der Waals surface area contributed by atoms with E-state index in [9.17, 15) is 9.18 Å². The van der Waals surface area contributed by atoms with E-state index < -0.39 is 0 Å². The van der Waals surface area contributed by atoms with Crippen molar-refractivity contribution in [2.24, 2.45) is 0 Å². The van der Waals surface area contributed by atoms with E-state index >= 15 is 0 Å². The third-order valence-electron chi connectivity index (χ3n) is 6.89. The Kier molecular flexibility index (Phi) is 8.67. The van der Waals surface area contributed by atoms with Gasteiger partial charge in [0.15, 0.2) is 5.82 Å². The maximum Gasteiger partial charge on any atom is 0.410 e. The number of halogens is 2. The number of rotatable bonds is 6. The van der Waals surface area contributed by atoms with E-state index in [1.54, 1.807) is 29.2 Å². The minimum absolute atomic E-state index is 0.0662. The first-order valence-electron chi connectivity index (χ1n) is 13.6. The van der Waals surface area contributed by atoms with E-state index in [-0.39, 0.29) is 30.7 Å². The predicted octanol–water partition coefficient (Wildman–Crippen LogP) is 4.93. The Bertz CT molecular complexity index is 1650. The molecular formula is C30H28ClFN6O3S. The lowest BCUT2D eigenvalue weighted by Crippen LogP contribution is -2.47. The summed E-state index contributed by atoms with van der Waals surface area (Å²) in [5.41, 5.74) is 2.23. The second-order valence-corrected chi connectivity index (χ2v) is 11.4. The van der Waals surface area contributed by atoms with Crippen molar-refractivity contribution < 1.29 is 18.7 Å². The molecule has 3 N–H and O–H groups in total. The van der Waals surface area contributed by atoms with Gasteiger partial charge in [0.1, 0.15) is 30.6 Å². The summed E-state index contributed by atoms with van der Waals surface area (Å²) in [6.45, 7) is 3.69. The second kappa shape index (κ2) is 12.9. The lowest BCUT2D eigenvalue weighted by atomic mass is 10.2. The molecule has 2 unspecified atom stereocenters. The zero-order valence-electron chi connectivity index (χ0n) is 22.5. The molecule has 1 amide bonds. The summed E-state index contributed by atoms with van der Waals surface area (Å²) in [4.78, 5) is 23.8. The molecule has 0 radical (unpaired) electrons. The maximum atomic E-state index is 13.4. The molecule has 2 saturated heterocycles. The smallest absolute Gasteiger partial charge is 0.410 e. The van der Waals surface area contributed by atoms with Crippen molar-refractivity contribution >= 4 is 50.8 Å². The molecule has 9 nitrogen and oxygen atoms in total. The molecule has 2 aromatic heterocycles. The Labute approximate surface area is 251 Å². The van der Waals surface area contributed by atoms with Gasteiger partial charge in [-0.05, 0) is 42.0 Å². The lowest BCUT2D eigenvalue weighted by molar-refractivity contribution is 0.0665. The molecule has 6 rings (SSSR count). The molecule has 0 aliphatic carbocycles. The van der Waals surface area contributed by atoms with Crippen LogP contribution in [0.15, 0.2) is 54.9 Å². The second-order valence-electron chi connectivity index (χ2n) is 9.94. The third kappa shape index (κ3) is 6.91. The summed E-state index contributed by atoms with van der Waals surface area (Å²) >= 11 is 7.97. The van der Waals surface area contributed by atoms with E-state index in [1.165, 1.54) is 29.8 Å². The van der Waals surface area contributed by atoms with E-state index in [4.69, 9.17) is 21.1 Å². The van der Waals surface area contributed by atoms with Gasteiger partial charge in [-0.25, -0.2) is 19.2 Å². The number of hydrogen-bond donors (Lipinski definition) is 3. The number of carbonyl (C=O) groups excluding carboxylic acids is 1. The topological polar surface area (TPSA) is 101 Å². The molecule has 0 spiro atoms. The fraction of sp³-hybridized carbons (Fsp3) is 0.300. The Hall–Kier alpha value is -3.95. The monoisotopic (exact) mass is 606 g/mol. The summed E-state index contributed by atoms with van der Waals surface area (Å²) in [6.07, 6.45) is 1.70. The fourth-order valence-corrected chi connectivity index (χ4v) is 5.90. The van der Waals surface area contributed by atoms with Gasteiger partial charge in [0, 0.05) is 44.8 Å². The molecule has 4 heterocycles. The van der Waals surface area contributed by atoms with Crippen LogP contribution in [-0.2, 0) is 11.3 Å². The van der Waals surface area contributed by atoms with E-state index in [0.717, 1.165) is 33.9 Å².